The minimum Gasteiger partial charge on any atom is -0.385 e. The fraction of sp³-hybridized carbons (Fsp3) is 0.125. The Morgan fingerprint density at radius 2 is 2.07 bits per heavy atom. The van der Waals surface area contributed by atoms with Gasteiger partial charge in [-0.2, -0.15) is 13.1 Å². The lowest BCUT2D eigenvalue weighted by molar-refractivity contribution is 0.576. The van der Waals surface area contributed by atoms with E-state index in [1.165, 1.54) is 18.2 Å². The second kappa shape index (κ2) is 3.28. The third-order valence-electron chi connectivity index (χ3n) is 2.00. The third kappa shape index (κ3) is 1.83. The molecule has 0 aliphatic carbocycles. The highest BCUT2D eigenvalue weighted by molar-refractivity contribution is 7.88. The maximum atomic E-state index is 13.3. The van der Waals surface area contributed by atoms with Crippen LogP contribution in [0, 0.1) is 5.82 Å². The van der Waals surface area contributed by atoms with E-state index in [1.807, 2.05) is 0 Å². The first-order valence-electron chi connectivity index (χ1n) is 4.11. The second-order valence-corrected chi connectivity index (χ2v) is 4.43. The molecule has 1 aromatic carbocycles. The zero-order chi connectivity index (χ0) is 11.1. The molecule has 15 heavy (non-hydrogen) atoms. The van der Waals surface area contributed by atoms with E-state index < -0.39 is 22.1 Å². The number of rotatable bonds is 1. The van der Waals surface area contributed by atoms with Gasteiger partial charge < -0.3 is 5.73 Å². The van der Waals surface area contributed by atoms with Gasteiger partial charge in [0.25, 0.3) is 0 Å². The molecule has 0 amide bonds. The van der Waals surface area contributed by atoms with Crippen molar-refractivity contribution in [3.05, 3.63) is 35.6 Å². The molecule has 2 rings (SSSR count). The molecule has 0 saturated heterocycles. The molecule has 7 heteroatoms. The Balaban J connectivity index is 2.44. The molecule has 0 fully saturated rings. The first kappa shape index (κ1) is 10.1. The van der Waals surface area contributed by atoms with Gasteiger partial charge in [0, 0.05) is 5.56 Å². The number of hydrogen-bond acceptors (Lipinski definition) is 3. The molecule has 0 saturated carbocycles. The zero-order valence-electron chi connectivity index (χ0n) is 7.51. The van der Waals surface area contributed by atoms with E-state index in [2.05, 4.69) is 9.12 Å². The molecule has 0 spiro atoms. The highest BCUT2D eigenvalue weighted by Crippen LogP contribution is 2.22. The Morgan fingerprint density at radius 3 is 2.60 bits per heavy atom. The van der Waals surface area contributed by atoms with E-state index >= 15 is 0 Å². The number of nitrogens with zero attached hydrogens (tertiary/aromatic N) is 1. The maximum absolute atomic E-state index is 13.3. The molecule has 1 unspecified atom stereocenters. The van der Waals surface area contributed by atoms with Crippen LogP contribution in [-0.2, 0) is 10.2 Å². The van der Waals surface area contributed by atoms with Crippen LogP contribution in [0.1, 0.15) is 11.6 Å². The zero-order valence-corrected chi connectivity index (χ0v) is 8.33. The number of amidine groups is 1. The summed E-state index contributed by atoms with van der Waals surface area (Å²) in [6.45, 7) is 0. The summed E-state index contributed by atoms with van der Waals surface area (Å²) in [6.07, 6.45) is 0. The Morgan fingerprint density at radius 1 is 1.40 bits per heavy atom. The minimum absolute atomic E-state index is 0.153. The van der Waals surface area contributed by atoms with Gasteiger partial charge in [0.1, 0.15) is 17.7 Å². The average Bonchev–Trinajstić information content (AvgIpc) is 2.40. The van der Waals surface area contributed by atoms with Crippen molar-refractivity contribution in [3.8, 4) is 0 Å². The van der Waals surface area contributed by atoms with Gasteiger partial charge in [-0.05, 0) is 6.07 Å². The van der Waals surface area contributed by atoms with Gasteiger partial charge in [-0.15, -0.1) is 4.40 Å². The van der Waals surface area contributed by atoms with E-state index in [4.69, 9.17) is 5.73 Å². The van der Waals surface area contributed by atoms with E-state index in [9.17, 15) is 12.8 Å². The van der Waals surface area contributed by atoms with Gasteiger partial charge >= 0.3 is 10.2 Å². The fourth-order valence-electron chi connectivity index (χ4n) is 1.36. The van der Waals surface area contributed by atoms with Crippen molar-refractivity contribution in [1.29, 1.82) is 0 Å². The van der Waals surface area contributed by atoms with Crippen LogP contribution in [-0.4, -0.2) is 14.3 Å². The predicted octanol–water partition coefficient (Wildman–Crippen LogP) is 0.0720. The maximum Gasteiger partial charge on any atom is 0.322 e. The van der Waals surface area contributed by atoms with E-state index in [0.717, 1.165) is 0 Å². The summed E-state index contributed by atoms with van der Waals surface area (Å²) in [5.74, 6) is -0.676. The smallest absolute Gasteiger partial charge is 0.322 e. The summed E-state index contributed by atoms with van der Waals surface area (Å²) in [6, 6.07) is 4.88. The van der Waals surface area contributed by atoms with Crippen LogP contribution in [0.5, 0.6) is 0 Å². The van der Waals surface area contributed by atoms with Gasteiger partial charge in [-0.3, -0.25) is 0 Å². The normalized spacial score (nSPS) is 23.8. The molecule has 1 aliphatic rings. The van der Waals surface area contributed by atoms with E-state index in [1.54, 1.807) is 6.07 Å². The molecular weight excluding hydrogens is 221 g/mol. The standard InChI is InChI=1S/C8H8FN3O2S/c9-6-4-2-1-3-5(6)7-8(10)12-15(13,14)11-7/h1-4,7,11H,(H2,10,12). The highest BCUT2D eigenvalue weighted by Gasteiger charge is 2.31. The highest BCUT2D eigenvalue weighted by atomic mass is 32.2. The van der Waals surface area contributed by atoms with Crippen LogP contribution in [0.2, 0.25) is 0 Å². The van der Waals surface area contributed by atoms with Crippen LogP contribution >= 0.6 is 0 Å². The van der Waals surface area contributed by atoms with Crippen molar-refractivity contribution in [3.63, 3.8) is 0 Å². The molecule has 1 aromatic rings. The summed E-state index contributed by atoms with van der Waals surface area (Å²) in [4.78, 5) is 0. The summed E-state index contributed by atoms with van der Waals surface area (Å²) in [5.41, 5.74) is 5.56. The van der Waals surface area contributed by atoms with Crippen molar-refractivity contribution in [2.75, 3.05) is 0 Å². The number of halogens is 1. The van der Waals surface area contributed by atoms with E-state index in [-0.39, 0.29) is 11.4 Å². The lowest BCUT2D eigenvalue weighted by Gasteiger charge is -2.10. The van der Waals surface area contributed by atoms with Crippen molar-refractivity contribution in [2.24, 2.45) is 10.1 Å². The largest absolute Gasteiger partial charge is 0.385 e. The Bertz CT molecular complexity index is 526. The molecule has 1 heterocycles. The van der Waals surface area contributed by atoms with Crippen molar-refractivity contribution < 1.29 is 12.8 Å². The fourth-order valence-corrected chi connectivity index (χ4v) is 2.34. The lowest BCUT2D eigenvalue weighted by Crippen LogP contribution is -2.28. The average molecular weight is 229 g/mol. The molecule has 0 radical (unpaired) electrons. The summed E-state index contributed by atoms with van der Waals surface area (Å²) in [5, 5.41) is 0. The molecule has 0 aromatic heterocycles. The van der Waals surface area contributed by atoms with Crippen LogP contribution in [0.25, 0.3) is 0 Å². The Labute approximate surface area is 86.0 Å². The molecule has 80 valence electrons. The number of hydrogen-bond donors (Lipinski definition) is 2. The molecular formula is C8H8FN3O2S. The van der Waals surface area contributed by atoms with Crippen LogP contribution in [0.15, 0.2) is 28.7 Å². The number of nitrogens with two attached hydrogens (primary N) is 1. The molecule has 1 aliphatic heterocycles. The molecule has 1 atom stereocenters. The molecule has 0 bridgehead atoms. The van der Waals surface area contributed by atoms with E-state index in [0.29, 0.717) is 0 Å². The van der Waals surface area contributed by atoms with Gasteiger partial charge in [0.15, 0.2) is 0 Å². The van der Waals surface area contributed by atoms with Crippen LogP contribution in [0.4, 0.5) is 4.39 Å². The lowest BCUT2D eigenvalue weighted by atomic mass is 10.1. The third-order valence-corrected chi connectivity index (χ3v) is 2.99. The predicted molar refractivity (Wildman–Crippen MR) is 52.8 cm³/mol. The van der Waals surface area contributed by atoms with Crippen molar-refractivity contribution >= 4 is 16.0 Å². The Hall–Kier alpha value is -1.47. The van der Waals surface area contributed by atoms with Crippen molar-refractivity contribution in [1.82, 2.24) is 4.72 Å². The number of nitrogens with one attached hydrogen (secondary N) is 1. The minimum atomic E-state index is -3.76. The van der Waals surface area contributed by atoms with Gasteiger partial charge in [-0.1, -0.05) is 18.2 Å². The Kier molecular flexibility index (Phi) is 2.20. The monoisotopic (exact) mass is 229 g/mol. The molecule has 3 N–H and O–H groups in total. The summed E-state index contributed by atoms with van der Waals surface area (Å²) < 4.78 is 40.7. The number of benzene rings is 1. The van der Waals surface area contributed by atoms with Gasteiger partial charge in [0.05, 0.1) is 0 Å². The second-order valence-electron chi connectivity index (χ2n) is 3.06. The van der Waals surface area contributed by atoms with Crippen molar-refractivity contribution in [2.45, 2.75) is 6.04 Å². The van der Waals surface area contributed by atoms with Gasteiger partial charge in [-0.25, -0.2) is 4.39 Å². The first-order valence-corrected chi connectivity index (χ1v) is 5.55. The molecule has 5 nitrogen and oxygen atoms in total. The van der Waals surface area contributed by atoms with Crippen LogP contribution < -0.4 is 10.5 Å². The van der Waals surface area contributed by atoms with Crippen LogP contribution in [0.3, 0.4) is 0 Å². The summed E-state index contributed by atoms with van der Waals surface area (Å²) in [7, 11) is -3.76. The van der Waals surface area contributed by atoms with Gasteiger partial charge in [0.2, 0.25) is 0 Å². The topological polar surface area (TPSA) is 84.5 Å². The quantitative estimate of drug-likeness (QED) is 0.714. The SMILES string of the molecule is NC1=NS(=O)(=O)NC1c1ccccc1F. The first-order chi connectivity index (χ1) is 6.99. The summed E-state index contributed by atoms with van der Waals surface area (Å²) >= 11 is 0.